The summed E-state index contributed by atoms with van der Waals surface area (Å²) in [5.74, 6) is -1.89. The smallest absolute Gasteiger partial charge is 0.456 e. The molecule has 1 aromatic heterocycles. The Kier molecular flexibility index (Phi) is 6.83. The second-order valence-corrected chi connectivity index (χ2v) is 6.48. The van der Waals surface area contributed by atoms with Gasteiger partial charge in [-0.15, -0.1) is 0 Å². The summed E-state index contributed by atoms with van der Waals surface area (Å²) in [5.41, 5.74) is 0.947. The fraction of sp³-hybridized carbons (Fsp3) is 0.750. The highest BCUT2D eigenvalue weighted by atomic mass is 19.4. The molecule has 0 bridgehead atoms. The Hall–Kier alpha value is -1.61. The molecule has 0 atom stereocenters. The molecule has 0 radical (unpaired) electrons. The van der Waals surface area contributed by atoms with Crippen molar-refractivity contribution < 1.29 is 22.7 Å². The Morgan fingerprint density at radius 2 is 2.08 bits per heavy atom. The molecule has 0 unspecified atom stereocenters. The lowest BCUT2D eigenvalue weighted by Gasteiger charge is -2.27. The van der Waals surface area contributed by atoms with Crippen molar-refractivity contribution in [3.8, 4) is 0 Å². The van der Waals surface area contributed by atoms with Gasteiger partial charge in [-0.25, -0.2) is 4.79 Å². The highest BCUT2D eigenvalue weighted by molar-refractivity contribution is 5.75. The quantitative estimate of drug-likeness (QED) is 0.753. The molecule has 142 valence electrons. The second kappa shape index (κ2) is 8.66. The summed E-state index contributed by atoms with van der Waals surface area (Å²) in [6.45, 7) is 2.48. The molecule has 0 aliphatic heterocycles. The molecule has 1 aliphatic carbocycles. The normalized spacial score (nSPS) is 21.5. The summed E-state index contributed by atoms with van der Waals surface area (Å²) in [6, 6.07) is 1.96. The molecule has 1 saturated carbocycles. The topological polar surface area (TPSA) is 59.4 Å². The van der Waals surface area contributed by atoms with Crippen molar-refractivity contribution in [2.75, 3.05) is 27.2 Å². The minimum atomic E-state index is -4.92. The van der Waals surface area contributed by atoms with Crippen molar-refractivity contribution >= 4 is 5.97 Å². The average Bonchev–Trinajstić information content (AvgIpc) is 3.01. The molecular weight excluding hydrogens is 337 g/mol. The maximum absolute atomic E-state index is 12.2. The van der Waals surface area contributed by atoms with E-state index in [1.54, 1.807) is 0 Å². The van der Waals surface area contributed by atoms with Gasteiger partial charge in [0.15, 0.2) is 0 Å². The minimum absolute atomic E-state index is 0.199. The second-order valence-electron chi connectivity index (χ2n) is 6.48. The number of aromatic nitrogens is 2. The molecular formula is C16H25F3N4O2. The van der Waals surface area contributed by atoms with Crippen molar-refractivity contribution in [2.45, 2.75) is 50.6 Å². The van der Waals surface area contributed by atoms with Crippen molar-refractivity contribution in [3.05, 3.63) is 18.0 Å². The van der Waals surface area contributed by atoms with Crippen LogP contribution in [-0.4, -0.2) is 60.1 Å². The van der Waals surface area contributed by atoms with Crippen molar-refractivity contribution in [1.29, 1.82) is 0 Å². The number of ether oxygens (including phenoxy) is 1. The van der Waals surface area contributed by atoms with Gasteiger partial charge in [0, 0.05) is 25.2 Å². The molecule has 6 nitrogen and oxygen atoms in total. The average molecular weight is 362 g/mol. The van der Waals surface area contributed by atoms with Crippen LogP contribution in [0.2, 0.25) is 0 Å². The lowest BCUT2D eigenvalue weighted by molar-refractivity contribution is -0.206. The van der Waals surface area contributed by atoms with Gasteiger partial charge in [-0.05, 0) is 45.8 Å². The zero-order chi connectivity index (χ0) is 18.4. The minimum Gasteiger partial charge on any atom is -0.456 e. The van der Waals surface area contributed by atoms with Gasteiger partial charge in [0.2, 0.25) is 0 Å². The van der Waals surface area contributed by atoms with E-state index >= 15 is 0 Å². The van der Waals surface area contributed by atoms with Gasteiger partial charge in [0.05, 0.1) is 12.4 Å². The third-order valence-corrected chi connectivity index (χ3v) is 4.39. The summed E-state index contributed by atoms with van der Waals surface area (Å²) in [7, 11) is 3.92. The number of alkyl halides is 3. The summed E-state index contributed by atoms with van der Waals surface area (Å²) in [5, 5.41) is 7.66. The van der Waals surface area contributed by atoms with Gasteiger partial charge in [0.1, 0.15) is 6.10 Å². The van der Waals surface area contributed by atoms with Crippen LogP contribution in [0.25, 0.3) is 0 Å². The molecule has 0 aromatic carbocycles. The molecule has 0 amide bonds. The van der Waals surface area contributed by atoms with E-state index in [-0.39, 0.29) is 5.92 Å². The number of nitrogens with one attached hydrogen (secondary N) is 1. The molecule has 9 heteroatoms. The third kappa shape index (κ3) is 6.00. The van der Waals surface area contributed by atoms with Gasteiger partial charge in [-0.3, -0.25) is 9.58 Å². The van der Waals surface area contributed by atoms with Crippen LogP contribution in [0.4, 0.5) is 13.2 Å². The number of carbonyl (C=O) groups excluding carboxylic acids is 1. The van der Waals surface area contributed by atoms with Crippen LogP contribution in [0, 0.1) is 0 Å². The maximum Gasteiger partial charge on any atom is 0.490 e. The van der Waals surface area contributed by atoms with E-state index in [1.807, 2.05) is 31.0 Å². The predicted octanol–water partition coefficient (Wildman–Crippen LogP) is 2.12. The van der Waals surface area contributed by atoms with Crippen LogP contribution in [0.15, 0.2) is 12.3 Å². The van der Waals surface area contributed by atoms with Crippen LogP contribution < -0.4 is 5.32 Å². The van der Waals surface area contributed by atoms with Crippen LogP contribution >= 0.6 is 0 Å². The highest BCUT2D eigenvalue weighted by Crippen LogP contribution is 2.34. The molecule has 1 fully saturated rings. The first-order valence-corrected chi connectivity index (χ1v) is 8.44. The summed E-state index contributed by atoms with van der Waals surface area (Å²) >= 11 is 0. The lowest BCUT2D eigenvalue weighted by Crippen LogP contribution is -2.32. The Morgan fingerprint density at radius 1 is 1.40 bits per heavy atom. The van der Waals surface area contributed by atoms with Gasteiger partial charge in [-0.1, -0.05) is 0 Å². The summed E-state index contributed by atoms with van der Waals surface area (Å²) in [6.07, 6.45) is -1.45. The van der Waals surface area contributed by atoms with Crippen LogP contribution in [0.5, 0.6) is 0 Å². The number of halogens is 3. The number of rotatable bonds is 7. The molecule has 2 rings (SSSR count). The predicted molar refractivity (Wildman–Crippen MR) is 85.9 cm³/mol. The zero-order valence-corrected chi connectivity index (χ0v) is 14.6. The first-order chi connectivity index (χ1) is 11.8. The summed E-state index contributed by atoms with van der Waals surface area (Å²) < 4.78 is 43.1. The fourth-order valence-electron chi connectivity index (χ4n) is 2.99. The van der Waals surface area contributed by atoms with Crippen LogP contribution in [0.1, 0.15) is 37.3 Å². The van der Waals surface area contributed by atoms with Gasteiger partial charge < -0.3 is 10.1 Å². The number of hydrogen-bond donors (Lipinski definition) is 1. The standard InChI is InChI=1S/C16H25F3N4O2/c1-20-8-10-22(2)11-23-9-7-14(21-23)12-3-5-13(6-4-12)25-15(24)16(17,18)19/h7,9,12-13,20H,3-6,8,10-11H2,1-2H3. The molecule has 0 saturated heterocycles. The monoisotopic (exact) mass is 362 g/mol. The van der Waals surface area contributed by atoms with E-state index < -0.39 is 18.2 Å². The number of esters is 1. The molecule has 1 aliphatic rings. The van der Waals surface area contributed by atoms with E-state index in [2.05, 4.69) is 20.1 Å². The number of likely N-dealkylation sites (N-methyl/N-ethyl adjacent to an activating group) is 2. The Morgan fingerprint density at radius 3 is 2.68 bits per heavy atom. The Balaban J connectivity index is 1.80. The van der Waals surface area contributed by atoms with Crippen molar-refractivity contribution in [3.63, 3.8) is 0 Å². The third-order valence-electron chi connectivity index (χ3n) is 4.39. The van der Waals surface area contributed by atoms with Crippen molar-refractivity contribution in [2.24, 2.45) is 0 Å². The Labute approximate surface area is 145 Å². The van der Waals surface area contributed by atoms with Crippen molar-refractivity contribution in [1.82, 2.24) is 20.0 Å². The van der Waals surface area contributed by atoms with E-state index in [0.717, 1.165) is 18.8 Å². The number of nitrogens with zero attached hydrogens (tertiary/aromatic N) is 3. The molecule has 25 heavy (non-hydrogen) atoms. The maximum atomic E-state index is 12.2. The van der Waals surface area contributed by atoms with Gasteiger partial charge in [-0.2, -0.15) is 18.3 Å². The largest absolute Gasteiger partial charge is 0.490 e. The van der Waals surface area contributed by atoms with Gasteiger partial charge in [0.25, 0.3) is 0 Å². The fourth-order valence-corrected chi connectivity index (χ4v) is 2.99. The first kappa shape index (κ1) is 19.7. The van der Waals surface area contributed by atoms with Crippen LogP contribution in [-0.2, 0) is 16.2 Å². The zero-order valence-electron chi connectivity index (χ0n) is 14.6. The SMILES string of the molecule is CNCCN(C)Cn1ccc(C2CCC(OC(=O)C(F)(F)F)CC2)n1. The molecule has 1 heterocycles. The van der Waals surface area contributed by atoms with E-state index in [9.17, 15) is 18.0 Å². The molecule has 1 N–H and O–H groups in total. The highest BCUT2D eigenvalue weighted by Gasteiger charge is 2.42. The lowest BCUT2D eigenvalue weighted by atomic mass is 9.85. The molecule has 0 spiro atoms. The Bertz CT molecular complexity index is 554. The molecule has 1 aromatic rings. The van der Waals surface area contributed by atoms with E-state index in [4.69, 9.17) is 0 Å². The van der Waals surface area contributed by atoms with Crippen LogP contribution in [0.3, 0.4) is 0 Å². The number of hydrogen-bond acceptors (Lipinski definition) is 5. The van der Waals surface area contributed by atoms with E-state index in [1.165, 1.54) is 0 Å². The van der Waals surface area contributed by atoms with E-state index in [0.29, 0.717) is 32.4 Å². The first-order valence-electron chi connectivity index (χ1n) is 8.44. The summed E-state index contributed by atoms with van der Waals surface area (Å²) in [4.78, 5) is 13.0. The number of carbonyl (C=O) groups is 1. The van der Waals surface area contributed by atoms with Gasteiger partial charge >= 0.3 is 12.1 Å².